The summed E-state index contributed by atoms with van der Waals surface area (Å²) in [5.41, 5.74) is 5.86. The highest BCUT2D eigenvalue weighted by Crippen LogP contribution is 2.51. The van der Waals surface area contributed by atoms with E-state index in [1.807, 2.05) is 41.5 Å². The molecule has 7 N–H and O–H groups in total. The van der Waals surface area contributed by atoms with Gasteiger partial charge in [-0.3, -0.25) is 14.5 Å². The summed E-state index contributed by atoms with van der Waals surface area (Å²) in [6, 6.07) is -1.28. The summed E-state index contributed by atoms with van der Waals surface area (Å²) in [6.07, 6.45) is -12.6. The van der Waals surface area contributed by atoms with Crippen LogP contribution < -0.4 is 5.73 Å². The van der Waals surface area contributed by atoms with E-state index >= 15 is 0 Å². The molecule has 4 aliphatic heterocycles. The number of fused-ring (bicyclic) bond motifs is 1. The lowest BCUT2D eigenvalue weighted by Gasteiger charge is -2.45. The Hall–Kier alpha value is -2.77. The van der Waals surface area contributed by atoms with Crippen LogP contribution in [0.4, 0.5) is 0 Å². The zero-order valence-corrected chi connectivity index (χ0v) is 34.1. The molecule has 58 heavy (non-hydrogen) atoms. The number of carboxylic acid groups (broad SMARTS) is 1. The summed E-state index contributed by atoms with van der Waals surface area (Å²) in [5, 5.41) is 59.3. The minimum absolute atomic E-state index is 0.0262. The van der Waals surface area contributed by atoms with E-state index in [1.165, 1.54) is 11.8 Å². The number of carbonyl (C=O) groups is 3. The third kappa shape index (κ3) is 10.6. The number of nitrogens with zero attached hydrogens (tertiary/aromatic N) is 4. The molecule has 0 saturated carbocycles. The smallest absolute Gasteiger partial charge is 0.335 e. The molecule has 4 fully saturated rings. The lowest BCUT2D eigenvalue weighted by molar-refractivity contribution is -0.337. The molecule has 1 aromatic rings. The zero-order chi connectivity index (χ0) is 42.7. The van der Waals surface area contributed by atoms with Crippen molar-refractivity contribution in [1.82, 2.24) is 19.9 Å². The van der Waals surface area contributed by atoms with Gasteiger partial charge in [-0.1, -0.05) is 46.8 Å². The Morgan fingerprint density at radius 1 is 0.776 bits per heavy atom. The predicted molar refractivity (Wildman–Crippen MR) is 196 cm³/mol. The molecule has 21 heteroatoms. The summed E-state index contributed by atoms with van der Waals surface area (Å²) in [5.74, 6) is -2.92. The van der Waals surface area contributed by atoms with Gasteiger partial charge in [0.25, 0.3) is 0 Å². The number of aliphatic hydroxyl groups excluding tert-OH is 4. The van der Waals surface area contributed by atoms with Gasteiger partial charge in [0.1, 0.15) is 36.2 Å². The molecule has 330 valence electrons. The number of rotatable bonds is 18. The Morgan fingerprint density at radius 2 is 1.36 bits per heavy atom. The van der Waals surface area contributed by atoms with Crippen LogP contribution in [-0.4, -0.2) is 183 Å². The zero-order valence-electron chi connectivity index (χ0n) is 34.1. The van der Waals surface area contributed by atoms with Crippen molar-refractivity contribution in [3.8, 4) is 0 Å². The second kappa shape index (κ2) is 19.3. The van der Waals surface area contributed by atoms with Crippen LogP contribution in [0.15, 0.2) is 6.20 Å². The fourth-order valence-electron chi connectivity index (χ4n) is 7.65. The molecule has 0 aliphatic carbocycles. The quantitative estimate of drug-likeness (QED) is 0.0690. The lowest BCUT2D eigenvalue weighted by Crippen LogP contribution is -2.66. The van der Waals surface area contributed by atoms with Crippen molar-refractivity contribution in [1.29, 1.82) is 0 Å². The number of carboxylic acids is 1. The van der Waals surface area contributed by atoms with Gasteiger partial charge in [-0.05, 0) is 17.8 Å². The molecule has 5 rings (SSSR count). The molecule has 0 spiro atoms. The van der Waals surface area contributed by atoms with E-state index in [9.17, 15) is 39.9 Å². The van der Waals surface area contributed by atoms with Gasteiger partial charge >= 0.3 is 5.97 Å². The molecule has 14 atom stereocenters. The van der Waals surface area contributed by atoms with E-state index in [0.717, 1.165) is 0 Å². The van der Waals surface area contributed by atoms with E-state index in [-0.39, 0.29) is 87.6 Å². The highest BCUT2D eigenvalue weighted by Gasteiger charge is 2.64. The van der Waals surface area contributed by atoms with Crippen LogP contribution >= 0.6 is 0 Å². The Balaban J connectivity index is 0.945. The van der Waals surface area contributed by atoms with Gasteiger partial charge in [0.15, 0.2) is 18.7 Å². The third-order valence-electron chi connectivity index (χ3n) is 10.8. The lowest BCUT2D eigenvalue weighted by atomic mass is 9.74. The minimum atomic E-state index is -1.80. The second-order valence-corrected chi connectivity index (χ2v) is 17.3. The number of hydrogen-bond acceptors (Lipinski definition) is 18. The van der Waals surface area contributed by atoms with Crippen LogP contribution in [-0.2, 0) is 65.4 Å². The summed E-state index contributed by atoms with van der Waals surface area (Å²) in [7, 11) is 0. The van der Waals surface area contributed by atoms with Gasteiger partial charge in [-0.2, -0.15) is 0 Å². The van der Waals surface area contributed by atoms with E-state index in [1.54, 1.807) is 10.9 Å². The average molecular weight is 832 g/mol. The number of hydrogen-bond donors (Lipinski definition) is 6. The Labute approximate surface area is 336 Å². The highest BCUT2D eigenvalue weighted by atomic mass is 16.7. The first-order chi connectivity index (χ1) is 27.2. The summed E-state index contributed by atoms with van der Waals surface area (Å²) in [6.45, 7) is 15.1. The molecule has 0 aromatic carbocycles. The largest absolute Gasteiger partial charge is 0.479 e. The SMILES string of the molecule is CC1O[C@H](O[C@@H]2C(C(=O)O)O[C@@H](OCCOCCn3cc(COCCOCCN4C(=O)[C@@H]5[C@H](C4=O)[C@H](C(C)(C)C)O[C@@H]5C(C)(C)C)nn3)C(O)[C@H]2O)C(N)[C@@H](O)[C@@H]1O. The number of amides is 2. The van der Waals surface area contributed by atoms with Gasteiger partial charge in [-0.15, -0.1) is 5.10 Å². The highest BCUT2D eigenvalue weighted by molar-refractivity contribution is 6.06. The number of nitrogens with two attached hydrogens (primary N) is 1. The molecule has 4 saturated heterocycles. The number of aliphatic carboxylic acids is 1. The first-order valence-corrected chi connectivity index (χ1v) is 19.6. The number of aliphatic hydroxyl groups is 4. The molecule has 0 radical (unpaired) electrons. The van der Waals surface area contributed by atoms with Crippen LogP contribution in [0.25, 0.3) is 0 Å². The van der Waals surface area contributed by atoms with Crippen molar-refractivity contribution >= 4 is 17.8 Å². The second-order valence-electron chi connectivity index (χ2n) is 17.3. The molecule has 1 aromatic heterocycles. The van der Waals surface area contributed by atoms with E-state index in [4.69, 9.17) is 43.6 Å². The van der Waals surface area contributed by atoms with Crippen molar-refractivity contribution < 1.29 is 77.8 Å². The van der Waals surface area contributed by atoms with E-state index < -0.39 is 79.2 Å². The number of aromatic nitrogens is 3. The van der Waals surface area contributed by atoms with Gasteiger partial charge in [0.05, 0.1) is 102 Å². The van der Waals surface area contributed by atoms with Crippen molar-refractivity contribution in [3.63, 3.8) is 0 Å². The Kier molecular flexibility index (Phi) is 15.4. The first kappa shape index (κ1) is 46.3. The molecule has 4 unspecified atom stereocenters. The Morgan fingerprint density at radius 3 is 1.97 bits per heavy atom. The molecule has 4 aliphatic rings. The van der Waals surface area contributed by atoms with Crippen LogP contribution in [0.1, 0.15) is 54.2 Å². The van der Waals surface area contributed by atoms with Crippen molar-refractivity contribution in [2.75, 3.05) is 46.2 Å². The summed E-state index contributed by atoms with van der Waals surface area (Å²) in [4.78, 5) is 40.1. The number of carbonyl (C=O) groups excluding carboxylic acids is 2. The Bertz CT molecular complexity index is 1500. The maximum Gasteiger partial charge on any atom is 0.335 e. The monoisotopic (exact) mass is 831 g/mol. The van der Waals surface area contributed by atoms with Gasteiger partial charge in [0.2, 0.25) is 11.8 Å². The maximum absolute atomic E-state index is 13.4. The van der Waals surface area contributed by atoms with Gasteiger partial charge < -0.3 is 69.2 Å². The summed E-state index contributed by atoms with van der Waals surface area (Å²) < 4.78 is 46.7. The number of likely N-dealkylation sites (tertiary alicyclic amines) is 1. The molecule has 5 heterocycles. The predicted octanol–water partition coefficient (Wildman–Crippen LogP) is -1.98. The van der Waals surface area contributed by atoms with E-state index in [2.05, 4.69) is 10.3 Å². The first-order valence-electron chi connectivity index (χ1n) is 19.6. The number of imide groups is 1. The van der Waals surface area contributed by atoms with Crippen molar-refractivity contribution in [2.24, 2.45) is 28.4 Å². The van der Waals surface area contributed by atoms with Crippen LogP contribution in [0.3, 0.4) is 0 Å². The van der Waals surface area contributed by atoms with E-state index in [0.29, 0.717) is 12.2 Å². The van der Waals surface area contributed by atoms with Crippen LogP contribution in [0.2, 0.25) is 0 Å². The third-order valence-corrected chi connectivity index (χ3v) is 10.8. The van der Waals surface area contributed by atoms with Crippen LogP contribution in [0.5, 0.6) is 0 Å². The fourth-order valence-corrected chi connectivity index (χ4v) is 7.65. The normalized spacial score (nSPS) is 35.8. The molecular weight excluding hydrogens is 770 g/mol. The molecular formula is C37H61N5O16. The van der Waals surface area contributed by atoms with Crippen LogP contribution in [0, 0.1) is 22.7 Å². The maximum atomic E-state index is 13.4. The standard InChI is InChI=1S/C37H61N5O16/c1-18-23(43)24(44)22(38)34(55-18)56-27-25(45)26(46)35(57-28(27)33(49)50)54-15-14-51-10-8-41-16-19(39-40-41)17-53-13-12-52-11-9-42-31(47)20-21(32(42)48)30(37(5,6)7)58-29(20)36(2,3)4/h16,18,20-30,34-35,43-46H,8-15,17,38H2,1-7H3,(H,49,50)/t18?,20-,21+,22?,23-,24-,25-,26?,27+,28?,29+,30-,34-,35-/m1/s1. The minimum Gasteiger partial charge on any atom is -0.479 e. The molecule has 0 bridgehead atoms. The fraction of sp³-hybridized carbons (Fsp3) is 0.865. The molecule has 2 amide bonds. The summed E-state index contributed by atoms with van der Waals surface area (Å²) >= 11 is 0. The number of ether oxygens (including phenoxy) is 8. The topological polar surface area (TPSA) is 286 Å². The van der Waals surface area contributed by atoms with Gasteiger partial charge in [-0.25, -0.2) is 9.48 Å². The van der Waals surface area contributed by atoms with Crippen molar-refractivity contribution in [2.45, 2.75) is 135 Å². The average Bonchev–Trinajstić information content (AvgIpc) is 3.85. The molecule has 21 nitrogen and oxygen atoms in total. The van der Waals surface area contributed by atoms with Gasteiger partial charge in [0, 0.05) is 0 Å². The van der Waals surface area contributed by atoms with Crippen molar-refractivity contribution in [3.05, 3.63) is 11.9 Å².